The van der Waals surface area contributed by atoms with E-state index in [0.717, 1.165) is 4.90 Å². The van der Waals surface area contributed by atoms with E-state index in [1.807, 2.05) is 0 Å². The Morgan fingerprint density at radius 1 is 1.30 bits per heavy atom. The fraction of sp³-hybridized carbons (Fsp3) is 0.471. The zero-order valence-corrected chi connectivity index (χ0v) is 14.5. The Balaban J connectivity index is 2.05. The topological polar surface area (TPSA) is 95.9 Å². The molecule has 1 aromatic rings. The molecule has 0 saturated carbocycles. The van der Waals surface area contributed by atoms with E-state index in [1.54, 1.807) is 19.1 Å². The van der Waals surface area contributed by atoms with Gasteiger partial charge in [-0.2, -0.15) is 13.2 Å². The molecule has 1 heterocycles. The van der Waals surface area contributed by atoms with Crippen LogP contribution >= 0.6 is 0 Å². The molecule has 1 fully saturated rings. The summed E-state index contributed by atoms with van der Waals surface area (Å²) in [6.45, 7) is 0.640. The Morgan fingerprint density at radius 3 is 2.56 bits per heavy atom. The number of carboxylic acid groups (broad SMARTS) is 1. The van der Waals surface area contributed by atoms with Crippen molar-refractivity contribution < 1.29 is 37.4 Å². The summed E-state index contributed by atoms with van der Waals surface area (Å²) in [5, 5.41) is 11.4. The number of hydrogen-bond acceptors (Lipinski definition) is 4. The highest BCUT2D eigenvalue weighted by molar-refractivity contribution is 5.90. The fourth-order valence-corrected chi connectivity index (χ4v) is 2.89. The van der Waals surface area contributed by atoms with Gasteiger partial charge in [0, 0.05) is 18.8 Å². The summed E-state index contributed by atoms with van der Waals surface area (Å²) in [6, 6.07) is 5.40. The molecule has 0 spiro atoms. The van der Waals surface area contributed by atoms with Crippen molar-refractivity contribution >= 4 is 23.7 Å². The summed E-state index contributed by atoms with van der Waals surface area (Å²) in [5.74, 6) is -5.86. The average Bonchev–Trinajstić information content (AvgIpc) is 3.01. The SMILES string of the molecule is CCOC(=O)Cc1cccc(NC(=O)N2C[C@@H](C(F)(F)F)[C@H](C(=O)O)C2)c1. The van der Waals surface area contributed by atoms with Crippen molar-refractivity contribution in [3.8, 4) is 0 Å². The lowest BCUT2D eigenvalue weighted by atomic mass is 9.96. The number of benzene rings is 1. The maximum atomic E-state index is 13.0. The normalized spacial score (nSPS) is 19.6. The molecular formula is C17H19F3N2O5. The van der Waals surface area contributed by atoms with Gasteiger partial charge in [0.25, 0.3) is 0 Å². The van der Waals surface area contributed by atoms with Crippen molar-refractivity contribution in [3.63, 3.8) is 0 Å². The monoisotopic (exact) mass is 388 g/mol. The molecule has 2 N–H and O–H groups in total. The van der Waals surface area contributed by atoms with Crippen molar-refractivity contribution in [3.05, 3.63) is 29.8 Å². The number of aliphatic carboxylic acids is 1. The van der Waals surface area contributed by atoms with Crippen molar-refractivity contribution in [2.45, 2.75) is 19.5 Å². The first kappa shape index (κ1) is 20.5. The summed E-state index contributed by atoms with van der Waals surface area (Å²) >= 11 is 0. The molecule has 1 saturated heterocycles. The van der Waals surface area contributed by atoms with Gasteiger partial charge in [-0.05, 0) is 24.6 Å². The summed E-state index contributed by atoms with van der Waals surface area (Å²) in [5.41, 5.74) is 0.841. The Kier molecular flexibility index (Phi) is 6.29. The van der Waals surface area contributed by atoms with Crippen molar-refractivity contribution in [2.24, 2.45) is 11.8 Å². The summed E-state index contributed by atoms with van der Waals surface area (Å²) < 4.78 is 43.8. The van der Waals surface area contributed by atoms with E-state index in [1.165, 1.54) is 12.1 Å². The maximum absolute atomic E-state index is 13.0. The Bertz CT molecular complexity index is 723. The summed E-state index contributed by atoms with van der Waals surface area (Å²) in [7, 11) is 0. The lowest BCUT2D eigenvalue weighted by Crippen LogP contribution is -2.35. The number of nitrogens with zero attached hydrogens (tertiary/aromatic N) is 1. The maximum Gasteiger partial charge on any atom is 0.394 e. The summed E-state index contributed by atoms with van der Waals surface area (Å²) in [4.78, 5) is 35.7. The van der Waals surface area contributed by atoms with E-state index in [9.17, 15) is 27.6 Å². The number of halogens is 3. The molecule has 2 amide bonds. The molecule has 0 aromatic heterocycles. The van der Waals surface area contributed by atoms with Gasteiger partial charge < -0.3 is 20.1 Å². The van der Waals surface area contributed by atoms with Crippen LogP contribution in [-0.4, -0.2) is 53.8 Å². The number of likely N-dealkylation sites (tertiary alicyclic amines) is 1. The zero-order valence-electron chi connectivity index (χ0n) is 14.5. The standard InChI is InChI=1S/C17H19F3N2O5/c1-2-27-14(23)7-10-4-3-5-11(6-10)21-16(26)22-8-12(15(24)25)13(9-22)17(18,19)20/h3-6,12-13H,2,7-9H2,1H3,(H,21,26)(H,24,25)/t12-,13-/m1/s1. The predicted molar refractivity (Wildman–Crippen MR) is 88.0 cm³/mol. The van der Waals surface area contributed by atoms with Crippen LogP contribution in [0.3, 0.4) is 0 Å². The van der Waals surface area contributed by atoms with Gasteiger partial charge in [0.15, 0.2) is 0 Å². The molecule has 10 heteroatoms. The van der Waals surface area contributed by atoms with Crippen LogP contribution in [0.5, 0.6) is 0 Å². The van der Waals surface area contributed by atoms with Gasteiger partial charge in [-0.3, -0.25) is 9.59 Å². The van der Waals surface area contributed by atoms with Crippen LogP contribution in [0.1, 0.15) is 12.5 Å². The second-order valence-electron chi connectivity index (χ2n) is 6.11. The van der Waals surface area contributed by atoms with Gasteiger partial charge in [-0.25, -0.2) is 4.79 Å². The fourth-order valence-electron chi connectivity index (χ4n) is 2.89. The third-order valence-electron chi connectivity index (χ3n) is 4.18. The molecule has 27 heavy (non-hydrogen) atoms. The van der Waals surface area contributed by atoms with Gasteiger partial charge in [0.05, 0.1) is 24.9 Å². The highest BCUT2D eigenvalue weighted by atomic mass is 19.4. The lowest BCUT2D eigenvalue weighted by molar-refractivity contribution is -0.187. The number of carbonyl (C=O) groups excluding carboxylic acids is 2. The number of carbonyl (C=O) groups is 3. The number of anilines is 1. The molecule has 0 unspecified atom stereocenters. The number of nitrogens with one attached hydrogen (secondary N) is 1. The molecule has 1 aromatic carbocycles. The van der Waals surface area contributed by atoms with E-state index in [0.29, 0.717) is 5.56 Å². The lowest BCUT2D eigenvalue weighted by Gasteiger charge is -2.19. The first-order valence-corrected chi connectivity index (χ1v) is 8.21. The zero-order chi connectivity index (χ0) is 20.2. The third kappa shape index (κ3) is 5.35. The van der Waals surface area contributed by atoms with E-state index in [2.05, 4.69) is 5.32 Å². The van der Waals surface area contributed by atoms with Gasteiger partial charge in [-0.1, -0.05) is 12.1 Å². The third-order valence-corrected chi connectivity index (χ3v) is 4.18. The van der Waals surface area contributed by atoms with Crippen molar-refractivity contribution in [1.82, 2.24) is 4.90 Å². The minimum absolute atomic E-state index is 0.0154. The first-order chi connectivity index (χ1) is 12.6. The molecule has 7 nitrogen and oxygen atoms in total. The number of ether oxygens (including phenoxy) is 1. The van der Waals surface area contributed by atoms with Gasteiger partial charge in [0.2, 0.25) is 0 Å². The number of carboxylic acids is 1. The Hall–Kier alpha value is -2.78. The molecular weight excluding hydrogens is 369 g/mol. The first-order valence-electron chi connectivity index (χ1n) is 8.21. The molecule has 0 bridgehead atoms. The largest absolute Gasteiger partial charge is 0.481 e. The van der Waals surface area contributed by atoms with Crippen molar-refractivity contribution in [1.29, 1.82) is 0 Å². The smallest absolute Gasteiger partial charge is 0.394 e. The number of urea groups is 1. The van der Waals surface area contributed by atoms with E-state index >= 15 is 0 Å². The van der Waals surface area contributed by atoms with Crippen LogP contribution in [0.2, 0.25) is 0 Å². The molecule has 1 aliphatic rings. The van der Waals surface area contributed by atoms with Crippen LogP contribution in [-0.2, 0) is 20.7 Å². The Labute approximate surface area is 153 Å². The number of alkyl halides is 3. The minimum atomic E-state index is -4.71. The number of amides is 2. The number of rotatable bonds is 5. The molecule has 148 valence electrons. The van der Waals surface area contributed by atoms with Crippen molar-refractivity contribution in [2.75, 3.05) is 25.0 Å². The second-order valence-corrected chi connectivity index (χ2v) is 6.11. The number of hydrogen-bond donors (Lipinski definition) is 2. The van der Waals surface area contributed by atoms with Crippen LogP contribution in [0.15, 0.2) is 24.3 Å². The number of esters is 1. The molecule has 0 aliphatic carbocycles. The van der Waals surface area contributed by atoms with Crippen LogP contribution < -0.4 is 5.32 Å². The van der Waals surface area contributed by atoms with Crippen LogP contribution in [0.4, 0.5) is 23.7 Å². The molecule has 2 atom stereocenters. The quantitative estimate of drug-likeness (QED) is 0.756. The summed E-state index contributed by atoms with van der Waals surface area (Å²) in [6.07, 6.45) is -4.73. The predicted octanol–water partition coefficient (Wildman–Crippen LogP) is 2.52. The van der Waals surface area contributed by atoms with E-state index < -0.39 is 49.1 Å². The molecule has 1 aliphatic heterocycles. The Morgan fingerprint density at radius 2 is 2.00 bits per heavy atom. The van der Waals surface area contributed by atoms with Gasteiger partial charge >= 0.3 is 24.1 Å². The molecule has 2 rings (SSSR count). The minimum Gasteiger partial charge on any atom is -0.481 e. The van der Waals surface area contributed by atoms with Crippen LogP contribution in [0, 0.1) is 11.8 Å². The molecule has 0 radical (unpaired) electrons. The highest BCUT2D eigenvalue weighted by Gasteiger charge is 2.53. The second kappa shape index (κ2) is 8.28. The van der Waals surface area contributed by atoms with E-state index in [4.69, 9.17) is 9.84 Å². The van der Waals surface area contributed by atoms with Gasteiger partial charge in [-0.15, -0.1) is 0 Å². The van der Waals surface area contributed by atoms with Crippen LogP contribution in [0.25, 0.3) is 0 Å². The highest BCUT2D eigenvalue weighted by Crippen LogP contribution is 2.37. The van der Waals surface area contributed by atoms with Gasteiger partial charge in [0.1, 0.15) is 0 Å². The average molecular weight is 388 g/mol. The van der Waals surface area contributed by atoms with E-state index in [-0.39, 0.29) is 18.7 Å².